The van der Waals surface area contributed by atoms with Gasteiger partial charge in [-0.05, 0) is 23.1 Å². The van der Waals surface area contributed by atoms with Crippen LogP contribution in [0.5, 0.6) is 0 Å². The van der Waals surface area contributed by atoms with E-state index in [-0.39, 0.29) is 24.5 Å². The third-order valence-electron chi connectivity index (χ3n) is 5.41. The highest BCUT2D eigenvalue weighted by Crippen LogP contribution is 2.36. The van der Waals surface area contributed by atoms with Crippen molar-refractivity contribution in [2.75, 3.05) is 13.1 Å². The monoisotopic (exact) mass is 462 g/mol. The van der Waals surface area contributed by atoms with Crippen LogP contribution in [0.4, 0.5) is 17.6 Å². The number of aromatic nitrogens is 2. The number of nitrogens with two attached hydrogens (primary N) is 1. The minimum Gasteiger partial charge on any atom is -0.329 e. The molecule has 4 nitrogen and oxygen atoms in total. The third kappa shape index (κ3) is 6.42. The fourth-order valence-electron chi connectivity index (χ4n) is 3.68. The maximum atomic E-state index is 13.9. The summed E-state index contributed by atoms with van der Waals surface area (Å²) in [6.07, 6.45) is -3.90. The van der Waals surface area contributed by atoms with E-state index < -0.39 is 17.9 Å². The Kier molecular flexibility index (Phi) is 7.59. The first-order valence-electron chi connectivity index (χ1n) is 10.8. The predicted octanol–water partition coefficient (Wildman–Crippen LogP) is 5.59. The Bertz CT molecular complexity index is 1040. The molecule has 0 bridgehead atoms. The van der Waals surface area contributed by atoms with Crippen molar-refractivity contribution in [1.29, 1.82) is 0 Å². The number of nitrogens with one attached hydrogen (secondary N) is 1. The van der Waals surface area contributed by atoms with Crippen molar-refractivity contribution in [3.63, 3.8) is 0 Å². The van der Waals surface area contributed by atoms with Crippen LogP contribution in [-0.4, -0.2) is 28.8 Å². The van der Waals surface area contributed by atoms with Crippen LogP contribution in [-0.2, 0) is 12.7 Å². The molecular weight excluding hydrogens is 432 g/mol. The molecule has 0 saturated heterocycles. The summed E-state index contributed by atoms with van der Waals surface area (Å²) in [5, 5.41) is 3.23. The van der Waals surface area contributed by atoms with E-state index in [0.717, 1.165) is 17.7 Å². The number of rotatable bonds is 8. The van der Waals surface area contributed by atoms with E-state index in [9.17, 15) is 17.6 Å². The molecule has 3 aromatic rings. The number of hydrogen-bond acceptors (Lipinski definition) is 3. The molecular formula is C25H30F4N4. The number of nitrogens with zero attached hydrogens (tertiary/aromatic N) is 2. The van der Waals surface area contributed by atoms with Crippen molar-refractivity contribution in [2.45, 2.75) is 45.7 Å². The van der Waals surface area contributed by atoms with Gasteiger partial charge in [-0.3, -0.25) is 0 Å². The van der Waals surface area contributed by atoms with Crippen LogP contribution in [0.3, 0.4) is 0 Å². The summed E-state index contributed by atoms with van der Waals surface area (Å²) < 4.78 is 55.7. The average molecular weight is 463 g/mol. The third-order valence-corrected chi connectivity index (χ3v) is 5.41. The van der Waals surface area contributed by atoms with Gasteiger partial charge in [-0.2, -0.15) is 13.2 Å². The van der Waals surface area contributed by atoms with E-state index in [1.807, 2.05) is 55.7 Å². The quantitative estimate of drug-likeness (QED) is 0.429. The second-order valence-electron chi connectivity index (χ2n) is 9.22. The Balaban J connectivity index is 2.07. The Hall–Kier alpha value is -2.71. The zero-order chi connectivity index (χ0) is 24.2. The molecule has 0 radical (unpaired) electrons. The first-order valence-corrected chi connectivity index (χ1v) is 10.8. The van der Waals surface area contributed by atoms with E-state index in [2.05, 4.69) is 5.32 Å². The van der Waals surface area contributed by atoms with Crippen LogP contribution >= 0.6 is 0 Å². The maximum absolute atomic E-state index is 13.9. The van der Waals surface area contributed by atoms with E-state index in [4.69, 9.17) is 10.7 Å². The Morgan fingerprint density at radius 2 is 1.73 bits per heavy atom. The predicted molar refractivity (Wildman–Crippen MR) is 122 cm³/mol. The van der Waals surface area contributed by atoms with Crippen LogP contribution < -0.4 is 11.1 Å². The molecule has 8 heteroatoms. The molecule has 2 atom stereocenters. The molecule has 0 spiro atoms. The highest BCUT2D eigenvalue weighted by Gasteiger charge is 2.33. The maximum Gasteiger partial charge on any atom is 0.416 e. The van der Waals surface area contributed by atoms with Gasteiger partial charge in [-0.15, -0.1) is 0 Å². The van der Waals surface area contributed by atoms with Crippen molar-refractivity contribution in [3.05, 3.63) is 77.7 Å². The van der Waals surface area contributed by atoms with Gasteiger partial charge < -0.3 is 15.6 Å². The lowest BCUT2D eigenvalue weighted by Crippen LogP contribution is -2.39. The molecule has 1 aromatic heterocycles. The van der Waals surface area contributed by atoms with Crippen LogP contribution in [0, 0.1) is 5.41 Å². The van der Waals surface area contributed by atoms with Crippen molar-refractivity contribution in [1.82, 2.24) is 14.9 Å². The second kappa shape index (κ2) is 10.1. The summed E-state index contributed by atoms with van der Waals surface area (Å²) >= 11 is 0. The Morgan fingerprint density at radius 1 is 1.03 bits per heavy atom. The van der Waals surface area contributed by atoms with Gasteiger partial charge in [0.2, 0.25) is 0 Å². The highest BCUT2D eigenvalue weighted by molar-refractivity contribution is 5.60. The summed E-state index contributed by atoms with van der Waals surface area (Å²) in [6, 6.07) is 14.5. The zero-order valence-corrected chi connectivity index (χ0v) is 19.0. The van der Waals surface area contributed by atoms with Gasteiger partial charge in [0.1, 0.15) is 12.0 Å². The molecule has 0 aliphatic heterocycles. The number of alkyl halides is 4. The van der Waals surface area contributed by atoms with E-state index in [1.165, 1.54) is 6.07 Å². The smallest absolute Gasteiger partial charge is 0.329 e. The summed E-state index contributed by atoms with van der Waals surface area (Å²) in [5.41, 5.74) is 6.18. The molecule has 33 heavy (non-hydrogen) atoms. The fourth-order valence-corrected chi connectivity index (χ4v) is 3.68. The summed E-state index contributed by atoms with van der Waals surface area (Å²) in [5.74, 6) is 0.628. The lowest BCUT2D eigenvalue weighted by molar-refractivity contribution is -0.137. The highest BCUT2D eigenvalue weighted by atomic mass is 19.4. The molecule has 0 aliphatic rings. The van der Waals surface area contributed by atoms with Gasteiger partial charge >= 0.3 is 6.18 Å². The number of benzene rings is 2. The normalized spacial score (nSPS) is 14.3. The standard InChI is InChI=1S/C25H30F4N4/c1-24(2,3)22(31-14-20(26)13-30)23-32-21(16-33(23)15-17-8-5-4-6-9-17)18-10-7-11-19(12-18)25(27,28)29/h4-12,16,20,22,31H,13-15,30H2,1-3H3/t20-,22+/m1/s1. The largest absolute Gasteiger partial charge is 0.416 e. The molecule has 0 aliphatic carbocycles. The molecule has 178 valence electrons. The van der Waals surface area contributed by atoms with Gasteiger partial charge in [0, 0.05) is 31.4 Å². The second-order valence-corrected chi connectivity index (χ2v) is 9.22. The Morgan fingerprint density at radius 3 is 2.33 bits per heavy atom. The fraction of sp³-hybridized carbons (Fsp3) is 0.400. The van der Waals surface area contributed by atoms with Crippen LogP contribution in [0.2, 0.25) is 0 Å². The summed E-state index contributed by atoms with van der Waals surface area (Å²) in [6.45, 7) is 6.45. The zero-order valence-electron chi connectivity index (χ0n) is 19.0. The summed E-state index contributed by atoms with van der Waals surface area (Å²) in [7, 11) is 0. The molecule has 0 fully saturated rings. The number of hydrogen-bond donors (Lipinski definition) is 2. The SMILES string of the molecule is CC(C)(C)[C@@H](NC[C@H](F)CN)c1nc(-c2cccc(C(F)(F)F)c2)cn1Cc1ccccc1. The van der Waals surface area contributed by atoms with Gasteiger partial charge in [-0.25, -0.2) is 9.37 Å². The van der Waals surface area contributed by atoms with Crippen LogP contribution in [0.1, 0.15) is 43.8 Å². The van der Waals surface area contributed by atoms with E-state index >= 15 is 0 Å². The number of halogens is 4. The van der Waals surface area contributed by atoms with Crippen molar-refractivity contribution in [2.24, 2.45) is 11.1 Å². The molecule has 0 unspecified atom stereocenters. The molecule has 3 N–H and O–H groups in total. The lowest BCUT2D eigenvalue weighted by atomic mass is 9.86. The average Bonchev–Trinajstić information content (AvgIpc) is 3.16. The van der Waals surface area contributed by atoms with Crippen molar-refractivity contribution < 1.29 is 17.6 Å². The van der Waals surface area contributed by atoms with Crippen LogP contribution in [0.15, 0.2) is 60.8 Å². The Labute approximate surface area is 191 Å². The molecule has 0 amide bonds. The topological polar surface area (TPSA) is 55.9 Å². The van der Waals surface area contributed by atoms with E-state index in [1.54, 1.807) is 12.3 Å². The number of imidazole rings is 1. The molecule has 0 saturated carbocycles. The first kappa shape index (κ1) is 24.9. The van der Waals surface area contributed by atoms with Gasteiger partial charge in [0.15, 0.2) is 0 Å². The van der Waals surface area contributed by atoms with Crippen molar-refractivity contribution >= 4 is 0 Å². The van der Waals surface area contributed by atoms with E-state index in [0.29, 0.717) is 23.6 Å². The molecule has 3 rings (SSSR count). The lowest BCUT2D eigenvalue weighted by Gasteiger charge is -2.32. The minimum absolute atomic E-state index is 0.0511. The molecule has 1 heterocycles. The van der Waals surface area contributed by atoms with Crippen LogP contribution in [0.25, 0.3) is 11.3 Å². The summed E-state index contributed by atoms with van der Waals surface area (Å²) in [4.78, 5) is 4.75. The molecule has 2 aromatic carbocycles. The minimum atomic E-state index is -4.45. The van der Waals surface area contributed by atoms with Gasteiger partial charge in [0.25, 0.3) is 0 Å². The van der Waals surface area contributed by atoms with Gasteiger partial charge in [-0.1, -0.05) is 63.2 Å². The van der Waals surface area contributed by atoms with Crippen molar-refractivity contribution in [3.8, 4) is 11.3 Å². The first-order chi connectivity index (χ1) is 15.5. The van der Waals surface area contributed by atoms with Gasteiger partial charge in [0.05, 0.1) is 17.3 Å².